The minimum atomic E-state index is -0.0721. The molecule has 5 rings (SSSR count). The highest BCUT2D eigenvalue weighted by Crippen LogP contribution is 2.45. The SMILES string of the molecule is COc1ccc(N2C(=S)N[C@H](c3ccccn3)[C@@H]2c2cc(C)n(C3CCCC3)c2C)cc1Cl. The molecule has 0 unspecified atom stereocenters. The largest absolute Gasteiger partial charge is 0.495 e. The fourth-order valence-corrected chi connectivity index (χ4v) is 6.18. The molecule has 1 aromatic carbocycles. The zero-order chi connectivity index (χ0) is 23.1. The molecular weight excluding hydrogens is 452 g/mol. The number of ether oxygens (including phenoxy) is 1. The smallest absolute Gasteiger partial charge is 0.174 e. The molecule has 0 radical (unpaired) electrons. The summed E-state index contributed by atoms with van der Waals surface area (Å²) in [6.07, 6.45) is 6.95. The van der Waals surface area contributed by atoms with E-state index in [4.69, 9.17) is 28.6 Å². The minimum absolute atomic E-state index is 0.0433. The second-order valence-electron chi connectivity index (χ2n) is 8.95. The first-order valence-electron chi connectivity index (χ1n) is 11.5. The Balaban J connectivity index is 1.64. The lowest BCUT2D eigenvalue weighted by molar-refractivity contribution is 0.415. The summed E-state index contributed by atoms with van der Waals surface area (Å²) in [6, 6.07) is 14.7. The number of rotatable bonds is 5. The Bertz CT molecular complexity index is 1170. The van der Waals surface area contributed by atoms with Crippen LogP contribution in [0.25, 0.3) is 0 Å². The topological polar surface area (TPSA) is 42.3 Å². The number of methoxy groups -OCH3 is 1. The predicted molar refractivity (Wildman–Crippen MR) is 137 cm³/mol. The lowest BCUT2D eigenvalue weighted by atomic mass is 9.96. The van der Waals surface area contributed by atoms with E-state index >= 15 is 0 Å². The minimum Gasteiger partial charge on any atom is -0.495 e. The fourth-order valence-electron chi connectivity index (χ4n) is 5.58. The maximum absolute atomic E-state index is 6.52. The van der Waals surface area contributed by atoms with Gasteiger partial charge in [-0.15, -0.1) is 0 Å². The third-order valence-electron chi connectivity index (χ3n) is 7.04. The molecule has 2 aliphatic rings. The van der Waals surface area contributed by atoms with Crippen LogP contribution >= 0.6 is 23.8 Å². The quantitative estimate of drug-likeness (QED) is 0.425. The van der Waals surface area contributed by atoms with E-state index in [0.29, 0.717) is 21.9 Å². The highest BCUT2D eigenvalue weighted by atomic mass is 35.5. The van der Waals surface area contributed by atoms with Crippen molar-refractivity contribution in [1.29, 1.82) is 0 Å². The highest BCUT2D eigenvalue weighted by molar-refractivity contribution is 7.80. The lowest BCUT2D eigenvalue weighted by Crippen LogP contribution is -2.29. The van der Waals surface area contributed by atoms with Gasteiger partial charge in [-0.05, 0) is 80.9 Å². The van der Waals surface area contributed by atoms with Gasteiger partial charge in [0.2, 0.25) is 0 Å². The van der Waals surface area contributed by atoms with Crippen molar-refractivity contribution in [1.82, 2.24) is 14.9 Å². The molecule has 0 amide bonds. The summed E-state index contributed by atoms with van der Waals surface area (Å²) in [5.74, 6) is 0.649. The van der Waals surface area contributed by atoms with E-state index in [1.54, 1.807) is 7.11 Å². The maximum atomic E-state index is 6.52. The molecule has 1 saturated heterocycles. The average molecular weight is 481 g/mol. The zero-order valence-electron chi connectivity index (χ0n) is 19.2. The van der Waals surface area contributed by atoms with E-state index in [9.17, 15) is 0 Å². The Labute approximate surface area is 205 Å². The van der Waals surface area contributed by atoms with Gasteiger partial charge >= 0.3 is 0 Å². The van der Waals surface area contributed by atoms with Crippen molar-refractivity contribution in [3.8, 4) is 5.75 Å². The van der Waals surface area contributed by atoms with Gasteiger partial charge < -0.3 is 19.5 Å². The van der Waals surface area contributed by atoms with Crippen molar-refractivity contribution in [2.75, 3.05) is 12.0 Å². The standard InChI is InChI=1S/C26H29ClN4OS/c1-16-14-20(17(2)30(16)18-8-4-5-9-18)25-24(22-10-6-7-13-28-22)29-26(33)31(25)19-11-12-23(32-3)21(27)15-19/h6-7,10-15,18,24-25H,4-5,8-9H2,1-3H3,(H,29,33)/t24-,25+/m1/s1. The number of halogens is 1. The Kier molecular flexibility index (Phi) is 6.06. The molecule has 1 aliphatic heterocycles. The van der Waals surface area contributed by atoms with Gasteiger partial charge in [-0.3, -0.25) is 4.98 Å². The molecule has 3 aromatic rings. The van der Waals surface area contributed by atoms with Crippen LogP contribution in [-0.2, 0) is 0 Å². The van der Waals surface area contributed by atoms with Crippen LogP contribution in [0, 0.1) is 13.8 Å². The molecule has 33 heavy (non-hydrogen) atoms. The Morgan fingerprint density at radius 1 is 1.12 bits per heavy atom. The zero-order valence-corrected chi connectivity index (χ0v) is 20.8. The molecule has 7 heteroatoms. The molecule has 2 atom stereocenters. The summed E-state index contributed by atoms with van der Waals surface area (Å²) in [4.78, 5) is 6.86. The van der Waals surface area contributed by atoms with Gasteiger partial charge in [-0.25, -0.2) is 0 Å². The molecule has 1 aliphatic carbocycles. The summed E-state index contributed by atoms with van der Waals surface area (Å²) < 4.78 is 7.91. The van der Waals surface area contributed by atoms with Crippen molar-refractivity contribution in [2.45, 2.75) is 57.7 Å². The molecule has 3 heterocycles. The second kappa shape index (κ2) is 8.99. The number of aromatic nitrogens is 2. The third kappa shape index (κ3) is 3.89. The summed E-state index contributed by atoms with van der Waals surface area (Å²) >= 11 is 12.4. The third-order valence-corrected chi connectivity index (χ3v) is 7.65. The number of hydrogen-bond donors (Lipinski definition) is 1. The molecule has 0 spiro atoms. The van der Waals surface area contributed by atoms with Gasteiger partial charge in [-0.1, -0.05) is 30.5 Å². The van der Waals surface area contributed by atoms with Crippen molar-refractivity contribution >= 4 is 34.6 Å². The fraction of sp³-hybridized carbons (Fsp3) is 0.385. The number of nitrogens with zero attached hydrogens (tertiary/aromatic N) is 3. The Hall–Kier alpha value is -2.57. The molecule has 1 saturated carbocycles. The molecule has 2 fully saturated rings. The van der Waals surface area contributed by atoms with Crippen LogP contribution in [0.4, 0.5) is 5.69 Å². The first-order valence-corrected chi connectivity index (χ1v) is 12.3. The highest BCUT2D eigenvalue weighted by Gasteiger charge is 2.42. The van der Waals surface area contributed by atoms with Crippen LogP contribution in [0.15, 0.2) is 48.7 Å². The van der Waals surface area contributed by atoms with Gasteiger partial charge in [0.15, 0.2) is 5.11 Å². The van der Waals surface area contributed by atoms with E-state index in [2.05, 4.69) is 45.7 Å². The van der Waals surface area contributed by atoms with Crippen LogP contribution in [0.2, 0.25) is 5.02 Å². The van der Waals surface area contributed by atoms with E-state index in [1.165, 1.54) is 42.6 Å². The normalized spacial score (nSPS) is 21.0. The van der Waals surface area contributed by atoms with Gasteiger partial charge in [0, 0.05) is 29.3 Å². The molecule has 1 N–H and O–H groups in total. The number of thiocarbonyl (C=S) groups is 1. The monoisotopic (exact) mass is 480 g/mol. The summed E-state index contributed by atoms with van der Waals surface area (Å²) in [5, 5.41) is 4.79. The van der Waals surface area contributed by atoms with Gasteiger partial charge in [0.1, 0.15) is 5.75 Å². The number of hydrogen-bond acceptors (Lipinski definition) is 3. The number of anilines is 1. The summed E-state index contributed by atoms with van der Waals surface area (Å²) in [6.45, 7) is 4.47. The second-order valence-corrected chi connectivity index (χ2v) is 9.74. The summed E-state index contributed by atoms with van der Waals surface area (Å²) in [5.41, 5.74) is 5.79. The average Bonchev–Trinajstić information content (AvgIpc) is 3.52. The van der Waals surface area contributed by atoms with E-state index in [1.807, 2.05) is 36.5 Å². The van der Waals surface area contributed by atoms with Crippen LogP contribution in [0.1, 0.15) is 66.5 Å². The van der Waals surface area contributed by atoms with Crippen LogP contribution < -0.4 is 15.0 Å². The van der Waals surface area contributed by atoms with E-state index in [-0.39, 0.29) is 12.1 Å². The molecule has 5 nitrogen and oxygen atoms in total. The number of pyridine rings is 1. The Morgan fingerprint density at radius 2 is 1.91 bits per heavy atom. The van der Waals surface area contributed by atoms with Crippen LogP contribution in [-0.4, -0.2) is 21.8 Å². The molecular formula is C26H29ClN4OS. The van der Waals surface area contributed by atoms with Crippen molar-refractivity contribution in [2.24, 2.45) is 0 Å². The van der Waals surface area contributed by atoms with E-state index < -0.39 is 0 Å². The Morgan fingerprint density at radius 3 is 2.58 bits per heavy atom. The number of nitrogens with one attached hydrogen (secondary N) is 1. The van der Waals surface area contributed by atoms with Crippen molar-refractivity contribution in [3.05, 3.63) is 76.3 Å². The van der Waals surface area contributed by atoms with Gasteiger partial charge in [0.25, 0.3) is 0 Å². The summed E-state index contributed by atoms with van der Waals surface area (Å²) in [7, 11) is 1.63. The first-order chi connectivity index (χ1) is 16.0. The molecule has 2 aromatic heterocycles. The lowest BCUT2D eigenvalue weighted by Gasteiger charge is -2.29. The number of benzene rings is 1. The van der Waals surface area contributed by atoms with E-state index in [0.717, 1.165) is 11.4 Å². The van der Waals surface area contributed by atoms with Gasteiger partial charge in [0.05, 0.1) is 29.9 Å². The first kappa shape index (κ1) is 22.2. The van der Waals surface area contributed by atoms with Crippen molar-refractivity contribution < 1.29 is 4.74 Å². The van der Waals surface area contributed by atoms with Gasteiger partial charge in [-0.2, -0.15) is 0 Å². The number of aryl methyl sites for hydroxylation is 1. The molecule has 0 bridgehead atoms. The van der Waals surface area contributed by atoms with Crippen LogP contribution in [0.3, 0.4) is 0 Å². The maximum Gasteiger partial charge on any atom is 0.174 e. The molecule has 172 valence electrons. The predicted octanol–water partition coefficient (Wildman–Crippen LogP) is 6.45. The van der Waals surface area contributed by atoms with Crippen molar-refractivity contribution in [3.63, 3.8) is 0 Å². The van der Waals surface area contributed by atoms with Crippen LogP contribution in [0.5, 0.6) is 5.75 Å².